The van der Waals surface area contributed by atoms with Crippen molar-refractivity contribution in [3.63, 3.8) is 0 Å². The van der Waals surface area contributed by atoms with Crippen LogP contribution in [0.5, 0.6) is 5.75 Å². The largest absolute Gasteiger partial charge is 0.496 e. The van der Waals surface area contributed by atoms with Crippen LogP contribution in [0.2, 0.25) is 0 Å². The van der Waals surface area contributed by atoms with E-state index in [1.807, 2.05) is 36.4 Å². The first-order valence-corrected chi connectivity index (χ1v) is 7.31. The summed E-state index contributed by atoms with van der Waals surface area (Å²) < 4.78 is 5.41. The summed E-state index contributed by atoms with van der Waals surface area (Å²) in [7, 11) is 1.64. The molecule has 0 saturated carbocycles. The summed E-state index contributed by atoms with van der Waals surface area (Å²) in [5.74, 6) is 0.731. The highest BCUT2D eigenvalue weighted by molar-refractivity contribution is 5.60. The molecule has 112 valence electrons. The molecule has 2 rings (SSSR count). The van der Waals surface area contributed by atoms with E-state index in [9.17, 15) is 5.11 Å². The summed E-state index contributed by atoms with van der Waals surface area (Å²) in [6.45, 7) is 5.57. The van der Waals surface area contributed by atoms with E-state index in [-0.39, 0.29) is 0 Å². The van der Waals surface area contributed by atoms with E-state index >= 15 is 0 Å². The lowest BCUT2D eigenvalue weighted by Gasteiger charge is -2.28. The van der Waals surface area contributed by atoms with Crippen molar-refractivity contribution in [2.45, 2.75) is 26.5 Å². The summed E-state index contributed by atoms with van der Waals surface area (Å²) in [5.41, 5.74) is 3.12. The minimum Gasteiger partial charge on any atom is -0.496 e. The quantitative estimate of drug-likeness (QED) is 0.877. The Labute approximate surface area is 126 Å². The van der Waals surface area contributed by atoms with E-state index in [2.05, 4.69) is 24.0 Å². The molecule has 0 amide bonds. The second-order valence-electron chi connectivity index (χ2n) is 5.07. The number of hydrogen-bond donors (Lipinski definition) is 1. The molecule has 1 unspecified atom stereocenters. The zero-order valence-corrected chi connectivity index (χ0v) is 12.9. The molecule has 21 heavy (non-hydrogen) atoms. The summed E-state index contributed by atoms with van der Waals surface area (Å²) >= 11 is 0. The molecule has 0 radical (unpaired) electrons. The van der Waals surface area contributed by atoms with Crippen molar-refractivity contribution in [1.29, 1.82) is 0 Å². The monoisotopic (exact) mass is 285 g/mol. The normalized spacial score (nSPS) is 12.0. The maximum absolute atomic E-state index is 10.1. The molecular formula is C18H23NO2. The zero-order chi connectivity index (χ0) is 15.2. The number of aliphatic hydroxyl groups excluding tert-OH is 1. The third-order valence-electron chi connectivity index (χ3n) is 3.62. The van der Waals surface area contributed by atoms with Gasteiger partial charge < -0.3 is 14.7 Å². The average molecular weight is 285 g/mol. The Morgan fingerprint density at radius 1 is 1.10 bits per heavy atom. The number of aliphatic hydroxyl groups is 1. The summed E-state index contributed by atoms with van der Waals surface area (Å²) in [6, 6.07) is 16.2. The predicted molar refractivity (Wildman–Crippen MR) is 86.8 cm³/mol. The van der Waals surface area contributed by atoms with Crippen LogP contribution in [-0.4, -0.2) is 18.8 Å². The Kier molecular flexibility index (Phi) is 5.23. The molecule has 1 atom stereocenters. The molecule has 0 aliphatic carbocycles. The van der Waals surface area contributed by atoms with Crippen LogP contribution in [0, 0.1) is 0 Å². The third-order valence-corrected chi connectivity index (χ3v) is 3.62. The first kappa shape index (κ1) is 15.4. The Balaban J connectivity index is 2.38. The fourth-order valence-corrected chi connectivity index (χ4v) is 2.58. The number of anilines is 1. The molecule has 0 saturated heterocycles. The first-order chi connectivity index (χ1) is 10.2. The van der Waals surface area contributed by atoms with Gasteiger partial charge >= 0.3 is 0 Å². The maximum atomic E-state index is 10.1. The van der Waals surface area contributed by atoms with Gasteiger partial charge in [0, 0.05) is 24.3 Å². The van der Waals surface area contributed by atoms with Crippen molar-refractivity contribution in [2.75, 3.05) is 18.6 Å². The minimum atomic E-state index is -0.569. The van der Waals surface area contributed by atoms with Gasteiger partial charge in [-0.3, -0.25) is 0 Å². The van der Waals surface area contributed by atoms with E-state index in [1.54, 1.807) is 14.0 Å². The van der Waals surface area contributed by atoms with Gasteiger partial charge in [0.15, 0.2) is 0 Å². The van der Waals surface area contributed by atoms with E-state index < -0.39 is 6.10 Å². The van der Waals surface area contributed by atoms with Gasteiger partial charge in [-0.25, -0.2) is 0 Å². The van der Waals surface area contributed by atoms with Gasteiger partial charge in [0.2, 0.25) is 0 Å². The predicted octanol–water partition coefficient (Wildman–Crippen LogP) is 3.78. The molecule has 3 nitrogen and oxygen atoms in total. The van der Waals surface area contributed by atoms with E-state index in [0.717, 1.165) is 30.1 Å². The van der Waals surface area contributed by atoms with Gasteiger partial charge in [0.05, 0.1) is 13.2 Å². The number of methoxy groups -OCH3 is 1. The van der Waals surface area contributed by atoms with E-state index in [1.165, 1.54) is 5.56 Å². The van der Waals surface area contributed by atoms with Crippen LogP contribution < -0.4 is 9.64 Å². The summed E-state index contributed by atoms with van der Waals surface area (Å²) in [5, 5.41) is 10.1. The maximum Gasteiger partial charge on any atom is 0.126 e. The van der Waals surface area contributed by atoms with Crippen LogP contribution >= 0.6 is 0 Å². The van der Waals surface area contributed by atoms with Gasteiger partial charge in [-0.2, -0.15) is 0 Å². The van der Waals surface area contributed by atoms with Crippen molar-refractivity contribution < 1.29 is 9.84 Å². The third kappa shape index (κ3) is 3.56. The second-order valence-corrected chi connectivity index (χ2v) is 5.07. The van der Waals surface area contributed by atoms with Gasteiger partial charge in [-0.15, -0.1) is 0 Å². The highest BCUT2D eigenvalue weighted by Crippen LogP contribution is 2.35. The molecule has 0 bridgehead atoms. The summed E-state index contributed by atoms with van der Waals surface area (Å²) in [6.07, 6.45) is -0.569. The number of hydrogen-bond acceptors (Lipinski definition) is 3. The van der Waals surface area contributed by atoms with Crippen molar-refractivity contribution >= 4 is 5.69 Å². The Hall–Kier alpha value is -2.00. The van der Waals surface area contributed by atoms with E-state index in [4.69, 9.17) is 4.74 Å². The van der Waals surface area contributed by atoms with Crippen molar-refractivity contribution in [2.24, 2.45) is 0 Å². The Bertz CT molecular complexity index is 567. The van der Waals surface area contributed by atoms with Crippen LogP contribution in [0.4, 0.5) is 5.69 Å². The van der Waals surface area contributed by atoms with E-state index in [0.29, 0.717) is 0 Å². The molecule has 0 heterocycles. The first-order valence-electron chi connectivity index (χ1n) is 7.31. The van der Waals surface area contributed by atoms with Gasteiger partial charge in [-0.1, -0.05) is 36.4 Å². The smallest absolute Gasteiger partial charge is 0.126 e. The van der Waals surface area contributed by atoms with Crippen molar-refractivity contribution in [1.82, 2.24) is 0 Å². The van der Waals surface area contributed by atoms with Gasteiger partial charge in [0.1, 0.15) is 5.75 Å². The fourth-order valence-electron chi connectivity index (χ4n) is 2.58. The molecule has 0 aliphatic rings. The molecule has 0 aromatic heterocycles. The van der Waals surface area contributed by atoms with Crippen LogP contribution in [0.25, 0.3) is 0 Å². The van der Waals surface area contributed by atoms with Crippen molar-refractivity contribution in [3.8, 4) is 5.75 Å². The topological polar surface area (TPSA) is 32.7 Å². The lowest BCUT2D eigenvalue weighted by Crippen LogP contribution is -2.24. The highest BCUT2D eigenvalue weighted by atomic mass is 16.5. The fraction of sp³-hybridized carbons (Fsp3) is 0.333. The number of rotatable bonds is 6. The summed E-state index contributed by atoms with van der Waals surface area (Å²) in [4.78, 5) is 2.25. The lowest BCUT2D eigenvalue weighted by atomic mass is 10.0. The molecule has 0 aliphatic heterocycles. The molecule has 2 aromatic carbocycles. The van der Waals surface area contributed by atoms with Crippen LogP contribution in [0.3, 0.4) is 0 Å². The van der Waals surface area contributed by atoms with Crippen LogP contribution in [0.1, 0.15) is 31.1 Å². The average Bonchev–Trinajstić information content (AvgIpc) is 2.52. The number of ether oxygens (including phenoxy) is 1. The lowest BCUT2D eigenvalue weighted by molar-refractivity contribution is 0.194. The Morgan fingerprint density at radius 2 is 1.81 bits per heavy atom. The van der Waals surface area contributed by atoms with Crippen molar-refractivity contribution in [3.05, 3.63) is 59.7 Å². The zero-order valence-electron chi connectivity index (χ0n) is 12.9. The van der Waals surface area contributed by atoms with Crippen LogP contribution in [-0.2, 0) is 6.54 Å². The second kappa shape index (κ2) is 7.14. The molecule has 2 aromatic rings. The highest BCUT2D eigenvalue weighted by Gasteiger charge is 2.18. The molecule has 0 fully saturated rings. The standard InChI is InChI=1S/C18H23NO2/c1-4-19(13-15-9-6-5-7-10-15)16-11-8-12-17(21-3)18(16)14(2)20/h5-12,14,20H,4,13H2,1-3H3. The molecule has 3 heteroatoms. The molecule has 1 N–H and O–H groups in total. The van der Waals surface area contributed by atoms with Gasteiger partial charge in [-0.05, 0) is 31.5 Å². The molecule has 0 spiro atoms. The minimum absolute atomic E-state index is 0.569. The SMILES string of the molecule is CCN(Cc1ccccc1)c1cccc(OC)c1C(C)O. The number of benzene rings is 2. The molecular weight excluding hydrogens is 262 g/mol. The Morgan fingerprint density at radius 3 is 2.38 bits per heavy atom. The van der Waals surface area contributed by atoms with Crippen LogP contribution in [0.15, 0.2) is 48.5 Å². The van der Waals surface area contributed by atoms with Gasteiger partial charge in [0.25, 0.3) is 0 Å². The number of nitrogens with zero attached hydrogens (tertiary/aromatic N) is 1.